The first-order valence-corrected chi connectivity index (χ1v) is 8.56. The molecular formula is C17H19FN2O2S. The first kappa shape index (κ1) is 16.1. The highest BCUT2D eigenvalue weighted by atomic mass is 32.1. The van der Waals surface area contributed by atoms with Crippen molar-refractivity contribution in [3.05, 3.63) is 58.0 Å². The maximum Gasteiger partial charge on any atom is 0.251 e. The predicted molar refractivity (Wildman–Crippen MR) is 88.2 cm³/mol. The van der Waals surface area contributed by atoms with E-state index < -0.39 is 0 Å². The van der Waals surface area contributed by atoms with Crippen LogP contribution in [0.2, 0.25) is 0 Å². The van der Waals surface area contributed by atoms with Crippen molar-refractivity contribution in [2.75, 3.05) is 32.8 Å². The van der Waals surface area contributed by atoms with Gasteiger partial charge in [-0.3, -0.25) is 9.69 Å². The van der Waals surface area contributed by atoms with Crippen molar-refractivity contribution in [1.82, 2.24) is 10.2 Å². The van der Waals surface area contributed by atoms with Gasteiger partial charge < -0.3 is 10.1 Å². The highest BCUT2D eigenvalue weighted by molar-refractivity contribution is 7.07. The van der Waals surface area contributed by atoms with Crippen LogP contribution < -0.4 is 5.32 Å². The van der Waals surface area contributed by atoms with E-state index in [9.17, 15) is 9.18 Å². The molecule has 0 radical (unpaired) electrons. The van der Waals surface area contributed by atoms with Crippen LogP contribution in [0.15, 0.2) is 41.1 Å². The number of rotatable bonds is 5. The summed E-state index contributed by atoms with van der Waals surface area (Å²) in [5.74, 6) is -0.524. The molecule has 1 unspecified atom stereocenters. The van der Waals surface area contributed by atoms with Crippen LogP contribution in [-0.4, -0.2) is 43.7 Å². The van der Waals surface area contributed by atoms with Gasteiger partial charge in [0.05, 0.1) is 19.3 Å². The number of hydrogen-bond acceptors (Lipinski definition) is 4. The third-order valence-electron chi connectivity index (χ3n) is 3.98. The Hall–Kier alpha value is -1.76. The highest BCUT2D eigenvalue weighted by Crippen LogP contribution is 2.23. The Balaban J connectivity index is 1.66. The summed E-state index contributed by atoms with van der Waals surface area (Å²) >= 11 is 1.65. The molecule has 0 aliphatic carbocycles. The van der Waals surface area contributed by atoms with E-state index in [1.54, 1.807) is 11.3 Å². The summed E-state index contributed by atoms with van der Waals surface area (Å²) in [5.41, 5.74) is 1.67. The van der Waals surface area contributed by atoms with E-state index in [4.69, 9.17) is 4.74 Å². The fourth-order valence-corrected chi connectivity index (χ4v) is 3.41. The number of carbonyl (C=O) groups excluding carboxylic acids is 1. The minimum Gasteiger partial charge on any atom is -0.379 e. The van der Waals surface area contributed by atoms with Gasteiger partial charge in [-0.1, -0.05) is 0 Å². The number of ether oxygens (including phenoxy) is 1. The van der Waals surface area contributed by atoms with Gasteiger partial charge in [0.25, 0.3) is 5.91 Å². The second-order valence-corrected chi connectivity index (χ2v) is 6.22. The lowest BCUT2D eigenvalue weighted by Crippen LogP contribution is -2.43. The molecule has 1 amide bonds. The van der Waals surface area contributed by atoms with E-state index in [0.717, 1.165) is 13.1 Å². The molecule has 1 aromatic carbocycles. The second kappa shape index (κ2) is 7.68. The zero-order chi connectivity index (χ0) is 16.1. The SMILES string of the molecule is O=C(NCC(c1ccsc1)N1CCOCC1)c1ccc(F)cc1. The van der Waals surface area contributed by atoms with Crippen LogP contribution in [0, 0.1) is 5.82 Å². The average molecular weight is 334 g/mol. The summed E-state index contributed by atoms with van der Waals surface area (Å²) in [7, 11) is 0. The molecule has 1 aliphatic rings. The van der Waals surface area contributed by atoms with Crippen molar-refractivity contribution in [3.8, 4) is 0 Å². The van der Waals surface area contributed by atoms with Crippen LogP contribution in [-0.2, 0) is 4.74 Å². The number of nitrogens with one attached hydrogen (secondary N) is 1. The van der Waals surface area contributed by atoms with Gasteiger partial charge in [-0.05, 0) is 46.7 Å². The Bertz CT molecular complexity index is 625. The first-order valence-electron chi connectivity index (χ1n) is 7.62. The van der Waals surface area contributed by atoms with E-state index in [2.05, 4.69) is 21.7 Å². The summed E-state index contributed by atoms with van der Waals surface area (Å²) in [6.07, 6.45) is 0. The van der Waals surface area contributed by atoms with E-state index in [1.807, 2.05) is 5.38 Å². The monoisotopic (exact) mass is 334 g/mol. The number of halogens is 1. The summed E-state index contributed by atoms with van der Waals surface area (Å²) in [6, 6.07) is 7.82. The number of benzene rings is 1. The fraction of sp³-hybridized carbons (Fsp3) is 0.353. The van der Waals surface area contributed by atoms with Crippen LogP contribution in [0.25, 0.3) is 0 Å². The van der Waals surface area contributed by atoms with Gasteiger partial charge in [0.1, 0.15) is 5.82 Å². The third-order valence-corrected chi connectivity index (χ3v) is 4.68. The van der Waals surface area contributed by atoms with Gasteiger partial charge in [0, 0.05) is 25.2 Å². The predicted octanol–water partition coefficient (Wildman–Crippen LogP) is 2.69. The maximum atomic E-state index is 12.9. The lowest BCUT2D eigenvalue weighted by atomic mass is 10.1. The van der Waals surface area contributed by atoms with E-state index >= 15 is 0 Å². The Morgan fingerprint density at radius 3 is 2.65 bits per heavy atom. The minimum atomic E-state index is -0.342. The molecule has 0 spiro atoms. The Kier molecular flexibility index (Phi) is 5.38. The number of morpholine rings is 1. The van der Waals surface area contributed by atoms with Crippen LogP contribution in [0.1, 0.15) is 22.0 Å². The van der Waals surface area contributed by atoms with E-state index in [-0.39, 0.29) is 17.8 Å². The molecule has 1 N–H and O–H groups in total. The molecule has 3 rings (SSSR count). The highest BCUT2D eigenvalue weighted by Gasteiger charge is 2.23. The van der Waals surface area contributed by atoms with Crippen LogP contribution in [0.5, 0.6) is 0 Å². The zero-order valence-corrected chi connectivity index (χ0v) is 13.5. The van der Waals surface area contributed by atoms with Crippen LogP contribution >= 0.6 is 11.3 Å². The van der Waals surface area contributed by atoms with Crippen LogP contribution in [0.4, 0.5) is 4.39 Å². The smallest absolute Gasteiger partial charge is 0.251 e. The third kappa shape index (κ3) is 4.16. The number of thiophene rings is 1. The molecule has 122 valence electrons. The van der Waals surface area contributed by atoms with E-state index in [1.165, 1.54) is 29.8 Å². The molecule has 4 nitrogen and oxygen atoms in total. The largest absolute Gasteiger partial charge is 0.379 e. The van der Waals surface area contributed by atoms with Gasteiger partial charge in [0.2, 0.25) is 0 Å². The standard InChI is InChI=1S/C17H19FN2O2S/c18-15-3-1-13(2-4-15)17(21)19-11-16(14-5-10-23-12-14)20-6-8-22-9-7-20/h1-5,10,12,16H,6-9,11H2,(H,19,21). The summed E-state index contributed by atoms with van der Waals surface area (Å²) in [6.45, 7) is 3.66. The molecule has 1 saturated heterocycles. The van der Waals surface area contributed by atoms with Gasteiger partial charge in [0.15, 0.2) is 0 Å². The molecule has 23 heavy (non-hydrogen) atoms. The first-order chi connectivity index (χ1) is 11.2. The van der Waals surface area contributed by atoms with Gasteiger partial charge in [-0.15, -0.1) is 0 Å². The summed E-state index contributed by atoms with van der Waals surface area (Å²) in [5, 5.41) is 7.13. The molecule has 1 aliphatic heterocycles. The van der Waals surface area contributed by atoms with Gasteiger partial charge >= 0.3 is 0 Å². The number of hydrogen-bond donors (Lipinski definition) is 1. The molecule has 1 atom stereocenters. The molecule has 0 bridgehead atoms. The molecular weight excluding hydrogens is 315 g/mol. The molecule has 2 aromatic rings. The quantitative estimate of drug-likeness (QED) is 0.914. The Labute approximate surface area is 138 Å². The zero-order valence-electron chi connectivity index (χ0n) is 12.7. The number of amides is 1. The summed E-state index contributed by atoms with van der Waals surface area (Å²) < 4.78 is 18.4. The minimum absolute atomic E-state index is 0.134. The summed E-state index contributed by atoms with van der Waals surface area (Å²) in [4.78, 5) is 14.6. The van der Waals surface area contributed by atoms with Crippen molar-refractivity contribution < 1.29 is 13.9 Å². The van der Waals surface area contributed by atoms with Crippen molar-refractivity contribution in [2.24, 2.45) is 0 Å². The average Bonchev–Trinajstić information content (AvgIpc) is 3.11. The Morgan fingerprint density at radius 1 is 1.26 bits per heavy atom. The number of nitrogens with zero attached hydrogens (tertiary/aromatic N) is 1. The molecule has 1 aromatic heterocycles. The van der Waals surface area contributed by atoms with Crippen LogP contribution in [0.3, 0.4) is 0 Å². The number of carbonyl (C=O) groups is 1. The van der Waals surface area contributed by atoms with Crippen molar-refractivity contribution >= 4 is 17.2 Å². The van der Waals surface area contributed by atoms with Gasteiger partial charge in [-0.25, -0.2) is 4.39 Å². The fourth-order valence-electron chi connectivity index (χ4n) is 2.70. The molecule has 2 heterocycles. The second-order valence-electron chi connectivity index (χ2n) is 5.44. The topological polar surface area (TPSA) is 41.6 Å². The molecule has 0 saturated carbocycles. The van der Waals surface area contributed by atoms with E-state index in [0.29, 0.717) is 25.3 Å². The van der Waals surface area contributed by atoms with Crippen molar-refractivity contribution in [3.63, 3.8) is 0 Å². The van der Waals surface area contributed by atoms with Crippen molar-refractivity contribution in [2.45, 2.75) is 6.04 Å². The maximum absolute atomic E-state index is 12.9. The molecule has 6 heteroatoms. The van der Waals surface area contributed by atoms with Gasteiger partial charge in [-0.2, -0.15) is 11.3 Å². The Morgan fingerprint density at radius 2 is 2.00 bits per heavy atom. The normalized spacial score (nSPS) is 16.9. The van der Waals surface area contributed by atoms with Crippen molar-refractivity contribution in [1.29, 1.82) is 0 Å². The lowest BCUT2D eigenvalue weighted by Gasteiger charge is -2.34. The lowest BCUT2D eigenvalue weighted by molar-refractivity contribution is 0.0163. The molecule has 1 fully saturated rings.